The van der Waals surface area contributed by atoms with Crippen LogP contribution in [0.4, 0.5) is 0 Å². The molecule has 4 rings (SSSR count). The Balaban J connectivity index is 1.67. The molecule has 0 radical (unpaired) electrons. The van der Waals surface area contributed by atoms with Crippen LogP contribution in [-0.2, 0) is 6.61 Å². The first-order valence-corrected chi connectivity index (χ1v) is 11.6. The van der Waals surface area contributed by atoms with Gasteiger partial charge in [-0.1, -0.05) is 66.7 Å². The maximum atomic E-state index is 10.6. The van der Waals surface area contributed by atoms with Gasteiger partial charge in [-0.15, -0.1) is 0 Å². The Hall–Kier alpha value is -4.42. The van der Waals surface area contributed by atoms with Crippen LogP contribution >= 0.6 is 0 Å². The molecule has 0 saturated heterocycles. The maximum absolute atomic E-state index is 10.6. The van der Waals surface area contributed by atoms with Gasteiger partial charge < -0.3 is 20.1 Å². The molecular weight excluding hydrogens is 452 g/mol. The van der Waals surface area contributed by atoms with E-state index in [9.17, 15) is 15.3 Å². The smallest absolute Gasteiger partial charge is 0.128 e. The van der Waals surface area contributed by atoms with Gasteiger partial charge in [-0.05, 0) is 29.8 Å². The Kier molecular flexibility index (Phi) is 8.11. The second-order valence-corrected chi connectivity index (χ2v) is 8.09. The number of hydrogen-bond donors (Lipinski definition) is 3. The van der Waals surface area contributed by atoms with Gasteiger partial charge in [0.05, 0.1) is 38.2 Å². The van der Waals surface area contributed by atoms with Gasteiger partial charge in [-0.3, -0.25) is 9.98 Å². The molecule has 3 N–H and O–H groups in total. The van der Waals surface area contributed by atoms with Crippen molar-refractivity contribution >= 4 is 11.4 Å². The molecule has 0 fully saturated rings. The van der Waals surface area contributed by atoms with Crippen LogP contribution < -0.4 is 4.74 Å². The number of hydrogen-bond acceptors (Lipinski definition) is 6. The van der Waals surface area contributed by atoms with Crippen molar-refractivity contribution in [3.05, 3.63) is 125 Å². The zero-order valence-corrected chi connectivity index (χ0v) is 20.0. The lowest BCUT2D eigenvalue weighted by molar-refractivity contribution is 0.281. The number of ether oxygens (including phenoxy) is 1. The van der Waals surface area contributed by atoms with E-state index in [2.05, 4.69) is 0 Å². The molecule has 0 unspecified atom stereocenters. The Morgan fingerprint density at radius 3 is 1.61 bits per heavy atom. The summed E-state index contributed by atoms with van der Waals surface area (Å²) in [4.78, 5) is 9.60. The van der Waals surface area contributed by atoms with Crippen LogP contribution in [0.3, 0.4) is 0 Å². The third-order valence-electron chi connectivity index (χ3n) is 5.69. The van der Waals surface area contributed by atoms with E-state index in [4.69, 9.17) is 14.7 Å². The third kappa shape index (κ3) is 5.79. The van der Waals surface area contributed by atoms with Crippen LogP contribution in [0.25, 0.3) is 0 Å². The number of aliphatic hydroxyl groups excluding tert-OH is 1. The normalized spacial score (nSPS) is 11.9. The molecule has 4 aromatic rings. The predicted molar refractivity (Wildman–Crippen MR) is 143 cm³/mol. The highest BCUT2D eigenvalue weighted by molar-refractivity contribution is 6.15. The molecule has 36 heavy (non-hydrogen) atoms. The summed E-state index contributed by atoms with van der Waals surface area (Å²) in [6, 6.07) is 29.5. The van der Waals surface area contributed by atoms with Crippen LogP contribution in [0.15, 0.2) is 107 Å². The van der Waals surface area contributed by atoms with E-state index in [0.29, 0.717) is 47.0 Å². The molecule has 4 aromatic carbocycles. The quantitative estimate of drug-likeness (QED) is 0.233. The number of methoxy groups -OCH3 is 1. The summed E-state index contributed by atoms with van der Waals surface area (Å²) < 4.78 is 5.22. The topological polar surface area (TPSA) is 94.6 Å². The summed E-state index contributed by atoms with van der Waals surface area (Å²) in [6.07, 6.45) is 0. The molecule has 0 spiro atoms. The van der Waals surface area contributed by atoms with E-state index >= 15 is 0 Å². The monoisotopic (exact) mass is 480 g/mol. The van der Waals surface area contributed by atoms with E-state index in [0.717, 1.165) is 11.1 Å². The summed E-state index contributed by atoms with van der Waals surface area (Å²) in [5, 5.41) is 30.6. The van der Waals surface area contributed by atoms with Gasteiger partial charge in [-0.2, -0.15) is 0 Å². The van der Waals surface area contributed by atoms with Gasteiger partial charge in [-0.25, -0.2) is 0 Å². The third-order valence-corrected chi connectivity index (χ3v) is 5.69. The van der Waals surface area contributed by atoms with E-state index < -0.39 is 0 Å². The molecule has 0 heterocycles. The first-order chi connectivity index (χ1) is 17.6. The van der Waals surface area contributed by atoms with Crippen molar-refractivity contribution in [1.29, 1.82) is 0 Å². The van der Waals surface area contributed by atoms with Crippen LogP contribution in [0, 0.1) is 0 Å². The van der Waals surface area contributed by atoms with Gasteiger partial charge >= 0.3 is 0 Å². The Morgan fingerprint density at radius 1 is 0.667 bits per heavy atom. The SMILES string of the molecule is COc1ccc(C(=NCCN=C(c2ccccc2)c2ccc(CO)cc2O)c2ccccc2)c(O)c1. The lowest BCUT2D eigenvalue weighted by atomic mass is 10.00. The van der Waals surface area contributed by atoms with Crippen LogP contribution in [0.5, 0.6) is 17.2 Å². The molecule has 0 atom stereocenters. The van der Waals surface area contributed by atoms with Gasteiger partial charge in [0.1, 0.15) is 17.2 Å². The molecule has 182 valence electrons. The molecular formula is C30H28N2O4. The number of aliphatic imine (C=N–C) groups is 2. The molecule has 0 aromatic heterocycles. The number of rotatable bonds is 9. The van der Waals surface area contributed by atoms with Crippen molar-refractivity contribution < 1.29 is 20.1 Å². The summed E-state index contributed by atoms with van der Waals surface area (Å²) in [5.74, 6) is 0.702. The largest absolute Gasteiger partial charge is 0.507 e. The van der Waals surface area contributed by atoms with Gasteiger partial charge in [0.25, 0.3) is 0 Å². The van der Waals surface area contributed by atoms with E-state index in [1.807, 2.05) is 60.7 Å². The molecule has 6 nitrogen and oxygen atoms in total. The van der Waals surface area contributed by atoms with E-state index in [-0.39, 0.29) is 18.1 Å². The van der Waals surface area contributed by atoms with Crippen LogP contribution in [0.1, 0.15) is 27.8 Å². The number of nitrogens with zero attached hydrogens (tertiary/aromatic N) is 2. The average molecular weight is 481 g/mol. The molecule has 0 aliphatic carbocycles. The van der Waals surface area contributed by atoms with Crippen molar-refractivity contribution in [2.75, 3.05) is 20.2 Å². The maximum Gasteiger partial charge on any atom is 0.128 e. The Labute approximate surface area is 210 Å². The molecule has 0 aliphatic rings. The van der Waals surface area contributed by atoms with Gasteiger partial charge in [0.15, 0.2) is 0 Å². The van der Waals surface area contributed by atoms with Crippen LogP contribution in [0.2, 0.25) is 0 Å². The fourth-order valence-electron chi connectivity index (χ4n) is 3.89. The van der Waals surface area contributed by atoms with Gasteiger partial charge in [0, 0.05) is 28.3 Å². The first kappa shape index (κ1) is 24.7. The lowest BCUT2D eigenvalue weighted by Gasteiger charge is -2.12. The van der Waals surface area contributed by atoms with Crippen molar-refractivity contribution in [3.63, 3.8) is 0 Å². The highest BCUT2D eigenvalue weighted by atomic mass is 16.5. The number of benzene rings is 4. The number of phenols is 2. The van der Waals surface area contributed by atoms with E-state index in [1.165, 1.54) is 0 Å². The number of aliphatic hydroxyl groups is 1. The molecule has 6 heteroatoms. The Bertz CT molecular complexity index is 1260. The Morgan fingerprint density at radius 2 is 1.17 bits per heavy atom. The predicted octanol–water partition coefficient (Wildman–Crippen LogP) is 4.97. The zero-order chi connectivity index (χ0) is 25.3. The number of phenolic OH excluding ortho intramolecular Hbond substituents is 2. The first-order valence-electron chi connectivity index (χ1n) is 11.6. The minimum Gasteiger partial charge on any atom is -0.507 e. The van der Waals surface area contributed by atoms with Crippen molar-refractivity contribution in [2.24, 2.45) is 9.98 Å². The van der Waals surface area contributed by atoms with E-state index in [1.54, 1.807) is 43.5 Å². The minimum atomic E-state index is -0.152. The fraction of sp³-hybridized carbons (Fsp3) is 0.133. The lowest BCUT2D eigenvalue weighted by Crippen LogP contribution is -2.08. The minimum absolute atomic E-state index is 0.0563. The van der Waals surface area contributed by atoms with Crippen molar-refractivity contribution in [3.8, 4) is 17.2 Å². The summed E-state index contributed by atoms with van der Waals surface area (Å²) in [6.45, 7) is 0.570. The van der Waals surface area contributed by atoms with Crippen molar-refractivity contribution in [1.82, 2.24) is 0 Å². The fourth-order valence-corrected chi connectivity index (χ4v) is 3.89. The highest BCUT2D eigenvalue weighted by Gasteiger charge is 2.14. The zero-order valence-electron chi connectivity index (χ0n) is 20.0. The molecule has 0 saturated carbocycles. The highest BCUT2D eigenvalue weighted by Crippen LogP contribution is 2.27. The molecule has 0 aliphatic heterocycles. The summed E-state index contributed by atoms with van der Waals surface area (Å²) in [7, 11) is 1.55. The summed E-state index contributed by atoms with van der Waals surface area (Å²) in [5.41, 5.74) is 4.85. The average Bonchev–Trinajstić information content (AvgIpc) is 2.92. The second-order valence-electron chi connectivity index (χ2n) is 8.09. The van der Waals surface area contributed by atoms with Crippen LogP contribution in [-0.4, -0.2) is 46.9 Å². The standard InChI is InChI=1S/C30H28N2O4/c1-36-24-13-15-26(28(35)19-24)30(23-10-6-3-7-11-23)32-17-16-31-29(22-8-4-2-5-9-22)25-14-12-21(20-33)18-27(25)34/h2-15,18-19,33-35H,16-17,20H2,1H3. The number of aromatic hydroxyl groups is 2. The molecule has 0 amide bonds. The van der Waals surface area contributed by atoms with Gasteiger partial charge in [0.2, 0.25) is 0 Å². The summed E-state index contributed by atoms with van der Waals surface area (Å²) >= 11 is 0. The van der Waals surface area contributed by atoms with Crippen molar-refractivity contribution in [2.45, 2.75) is 6.61 Å². The second kappa shape index (κ2) is 11.8. The molecule has 0 bridgehead atoms.